The Balaban J connectivity index is 2.64. The van der Waals surface area contributed by atoms with E-state index in [9.17, 15) is 0 Å². The molecule has 0 bridgehead atoms. The summed E-state index contributed by atoms with van der Waals surface area (Å²) in [5.74, 6) is 0. The molecule has 0 unspecified atom stereocenters. The van der Waals surface area contributed by atoms with Crippen molar-refractivity contribution in [3.8, 4) is 17.3 Å². The Morgan fingerprint density at radius 1 is 1.36 bits per heavy atom. The van der Waals surface area contributed by atoms with Crippen molar-refractivity contribution in [2.75, 3.05) is 0 Å². The average Bonchev–Trinajstić information content (AvgIpc) is 2.64. The van der Waals surface area contributed by atoms with Crippen LogP contribution in [0.3, 0.4) is 0 Å². The van der Waals surface area contributed by atoms with Crippen LogP contribution in [0.4, 0.5) is 0 Å². The maximum atomic E-state index is 8.93. The van der Waals surface area contributed by atoms with Crippen molar-refractivity contribution >= 4 is 0 Å². The molecule has 1 aromatic carbocycles. The normalized spacial score (nSPS) is 9.71. The maximum Gasteiger partial charge on any atom is 0.0998 e. The van der Waals surface area contributed by atoms with E-state index in [4.69, 9.17) is 5.26 Å². The van der Waals surface area contributed by atoms with Gasteiger partial charge in [-0.15, -0.1) is 0 Å². The van der Waals surface area contributed by atoms with Gasteiger partial charge in [-0.1, -0.05) is 18.2 Å². The van der Waals surface area contributed by atoms with Gasteiger partial charge in [0.15, 0.2) is 0 Å². The lowest BCUT2D eigenvalue weighted by molar-refractivity contribution is 0.921. The molecule has 0 aliphatic rings. The third-order valence-electron chi connectivity index (χ3n) is 2.14. The van der Waals surface area contributed by atoms with Crippen molar-refractivity contribution in [1.29, 1.82) is 5.26 Å². The SMILES string of the molecule is Cn1cncc1-c1ccccc1C#N. The van der Waals surface area contributed by atoms with Crippen LogP contribution in [0.1, 0.15) is 5.56 Å². The van der Waals surface area contributed by atoms with Gasteiger partial charge in [-0.05, 0) is 6.07 Å². The third kappa shape index (κ3) is 1.27. The van der Waals surface area contributed by atoms with Crippen molar-refractivity contribution in [2.45, 2.75) is 0 Å². The van der Waals surface area contributed by atoms with E-state index in [1.807, 2.05) is 35.9 Å². The minimum absolute atomic E-state index is 0.677. The summed E-state index contributed by atoms with van der Waals surface area (Å²) >= 11 is 0. The second-order valence-corrected chi connectivity index (χ2v) is 3.05. The van der Waals surface area contributed by atoms with Gasteiger partial charge in [-0.25, -0.2) is 4.98 Å². The zero-order valence-corrected chi connectivity index (χ0v) is 7.81. The summed E-state index contributed by atoms with van der Waals surface area (Å²) in [5, 5.41) is 8.93. The van der Waals surface area contributed by atoms with Gasteiger partial charge in [-0.2, -0.15) is 5.26 Å². The molecule has 14 heavy (non-hydrogen) atoms. The molecule has 0 saturated heterocycles. The number of nitriles is 1. The number of nitrogens with zero attached hydrogens (tertiary/aromatic N) is 3. The number of aryl methyl sites for hydroxylation is 1. The summed E-state index contributed by atoms with van der Waals surface area (Å²) < 4.78 is 1.90. The molecule has 0 atom stereocenters. The Kier molecular flexibility index (Phi) is 2.04. The average molecular weight is 183 g/mol. The summed E-state index contributed by atoms with van der Waals surface area (Å²) in [6.45, 7) is 0. The predicted molar refractivity (Wildman–Crippen MR) is 53.4 cm³/mol. The van der Waals surface area contributed by atoms with E-state index in [0.29, 0.717) is 5.56 Å². The smallest absolute Gasteiger partial charge is 0.0998 e. The van der Waals surface area contributed by atoms with E-state index in [2.05, 4.69) is 11.1 Å². The highest BCUT2D eigenvalue weighted by Gasteiger charge is 2.06. The molecule has 1 heterocycles. The first-order valence-electron chi connectivity index (χ1n) is 4.29. The fourth-order valence-corrected chi connectivity index (χ4v) is 1.42. The van der Waals surface area contributed by atoms with Crippen LogP contribution in [0.5, 0.6) is 0 Å². The molecule has 0 saturated carbocycles. The highest BCUT2D eigenvalue weighted by atomic mass is 15.0. The predicted octanol–water partition coefficient (Wildman–Crippen LogP) is 1.96. The molecule has 2 rings (SSSR count). The summed E-state index contributed by atoms with van der Waals surface area (Å²) in [6.07, 6.45) is 3.49. The van der Waals surface area contributed by atoms with Gasteiger partial charge in [0.25, 0.3) is 0 Å². The number of hydrogen-bond acceptors (Lipinski definition) is 2. The van der Waals surface area contributed by atoms with Crippen LogP contribution in [0.2, 0.25) is 0 Å². The molecule has 1 aromatic heterocycles. The van der Waals surface area contributed by atoms with Gasteiger partial charge in [0.1, 0.15) is 0 Å². The van der Waals surface area contributed by atoms with E-state index in [0.717, 1.165) is 11.3 Å². The minimum Gasteiger partial charge on any atom is -0.334 e. The molecule has 0 spiro atoms. The van der Waals surface area contributed by atoms with Crippen molar-refractivity contribution in [1.82, 2.24) is 9.55 Å². The molecule has 3 nitrogen and oxygen atoms in total. The Hall–Kier alpha value is -2.08. The van der Waals surface area contributed by atoms with Crippen LogP contribution in [0, 0.1) is 11.3 Å². The lowest BCUT2D eigenvalue weighted by atomic mass is 10.1. The third-order valence-corrected chi connectivity index (χ3v) is 2.14. The van der Waals surface area contributed by atoms with Gasteiger partial charge in [0, 0.05) is 12.6 Å². The van der Waals surface area contributed by atoms with Crippen molar-refractivity contribution < 1.29 is 0 Å². The Morgan fingerprint density at radius 2 is 2.14 bits per heavy atom. The Labute approximate surface area is 82.2 Å². The Bertz CT molecular complexity index is 491. The summed E-state index contributed by atoms with van der Waals surface area (Å²) in [6, 6.07) is 9.68. The summed E-state index contributed by atoms with van der Waals surface area (Å²) in [7, 11) is 1.91. The fourth-order valence-electron chi connectivity index (χ4n) is 1.42. The molecule has 0 amide bonds. The monoisotopic (exact) mass is 183 g/mol. The van der Waals surface area contributed by atoms with Gasteiger partial charge in [-0.3, -0.25) is 0 Å². The van der Waals surface area contributed by atoms with Gasteiger partial charge < -0.3 is 4.57 Å². The van der Waals surface area contributed by atoms with Gasteiger partial charge in [0.05, 0.1) is 29.9 Å². The van der Waals surface area contributed by atoms with Crippen molar-refractivity contribution in [2.24, 2.45) is 7.05 Å². The van der Waals surface area contributed by atoms with Crippen LogP contribution in [-0.4, -0.2) is 9.55 Å². The van der Waals surface area contributed by atoms with Gasteiger partial charge >= 0.3 is 0 Å². The van der Waals surface area contributed by atoms with E-state index < -0.39 is 0 Å². The minimum atomic E-state index is 0.677. The number of aromatic nitrogens is 2. The molecular weight excluding hydrogens is 174 g/mol. The molecule has 0 aliphatic heterocycles. The van der Waals surface area contributed by atoms with Crippen LogP contribution >= 0.6 is 0 Å². The number of hydrogen-bond donors (Lipinski definition) is 0. The molecule has 2 aromatic rings. The van der Waals surface area contributed by atoms with E-state index in [1.54, 1.807) is 12.5 Å². The quantitative estimate of drug-likeness (QED) is 0.678. The lowest BCUT2D eigenvalue weighted by Crippen LogP contribution is -1.91. The Morgan fingerprint density at radius 3 is 2.79 bits per heavy atom. The van der Waals surface area contributed by atoms with Gasteiger partial charge in [0.2, 0.25) is 0 Å². The second-order valence-electron chi connectivity index (χ2n) is 3.05. The molecule has 68 valence electrons. The van der Waals surface area contributed by atoms with Crippen molar-refractivity contribution in [3.63, 3.8) is 0 Å². The molecule has 0 N–H and O–H groups in total. The van der Waals surface area contributed by atoms with E-state index in [1.165, 1.54) is 0 Å². The molecule has 0 aliphatic carbocycles. The fraction of sp³-hybridized carbons (Fsp3) is 0.0909. The maximum absolute atomic E-state index is 8.93. The van der Waals surface area contributed by atoms with E-state index >= 15 is 0 Å². The zero-order chi connectivity index (χ0) is 9.97. The molecular formula is C11H9N3. The van der Waals surface area contributed by atoms with Crippen LogP contribution in [0.25, 0.3) is 11.3 Å². The first-order chi connectivity index (χ1) is 6.83. The highest BCUT2D eigenvalue weighted by Crippen LogP contribution is 2.21. The lowest BCUT2D eigenvalue weighted by Gasteiger charge is -2.03. The topological polar surface area (TPSA) is 41.6 Å². The largest absolute Gasteiger partial charge is 0.334 e. The zero-order valence-electron chi connectivity index (χ0n) is 7.81. The second kappa shape index (κ2) is 3.35. The highest BCUT2D eigenvalue weighted by molar-refractivity contribution is 5.66. The number of benzene rings is 1. The van der Waals surface area contributed by atoms with Crippen LogP contribution in [-0.2, 0) is 7.05 Å². The van der Waals surface area contributed by atoms with Crippen LogP contribution in [0.15, 0.2) is 36.8 Å². The number of rotatable bonds is 1. The van der Waals surface area contributed by atoms with Crippen molar-refractivity contribution in [3.05, 3.63) is 42.4 Å². The summed E-state index contributed by atoms with van der Waals surface area (Å²) in [5.41, 5.74) is 2.56. The number of imidazole rings is 1. The molecule has 0 fully saturated rings. The first kappa shape index (κ1) is 8.52. The standard InChI is InChI=1S/C11H9N3/c1-14-8-13-7-11(14)10-5-3-2-4-9(10)6-12/h2-5,7-8H,1H3. The molecule has 3 heteroatoms. The van der Waals surface area contributed by atoms with E-state index in [-0.39, 0.29) is 0 Å². The van der Waals surface area contributed by atoms with Crippen LogP contribution < -0.4 is 0 Å². The first-order valence-corrected chi connectivity index (χ1v) is 4.29. The molecule has 0 radical (unpaired) electrons. The summed E-state index contributed by atoms with van der Waals surface area (Å²) in [4.78, 5) is 4.03.